The molecule has 1 aliphatic heterocycles. The quantitative estimate of drug-likeness (QED) is 0.671. The Kier molecular flexibility index (Phi) is 4.41. The van der Waals surface area contributed by atoms with E-state index in [-0.39, 0.29) is 6.04 Å². The smallest absolute Gasteiger partial charge is 0.213 e. The summed E-state index contributed by atoms with van der Waals surface area (Å²) >= 11 is 0. The lowest BCUT2D eigenvalue weighted by Crippen LogP contribution is -2.42. The Morgan fingerprint density at radius 1 is 1.17 bits per heavy atom. The van der Waals surface area contributed by atoms with Crippen molar-refractivity contribution in [1.82, 2.24) is 29.7 Å². The number of hydrogen-bond donors (Lipinski definition) is 0. The minimum Gasteiger partial charge on any atom is -0.481 e. The molecular formula is C21H25N7O. The maximum Gasteiger partial charge on any atom is 0.213 e. The van der Waals surface area contributed by atoms with Gasteiger partial charge in [0, 0.05) is 23.9 Å². The van der Waals surface area contributed by atoms with Gasteiger partial charge in [0.1, 0.15) is 11.5 Å². The zero-order valence-electron chi connectivity index (χ0n) is 17.0. The van der Waals surface area contributed by atoms with Gasteiger partial charge in [-0.05, 0) is 32.3 Å². The van der Waals surface area contributed by atoms with Crippen molar-refractivity contribution in [2.75, 3.05) is 12.0 Å². The van der Waals surface area contributed by atoms with Crippen LogP contribution in [0.25, 0.3) is 17.1 Å². The van der Waals surface area contributed by atoms with Crippen LogP contribution in [0.2, 0.25) is 0 Å². The van der Waals surface area contributed by atoms with Gasteiger partial charge in [-0.25, -0.2) is 15.0 Å². The third kappa shape index (κ3) is 2.85. The normalized spacial score (nSPS) is 18.6. The van der Waals surface area contributed by atoms with Crippen molar-refractivity contribution in [1.29, 1.82) is 0 Å². The van der Waals surface area contributed by atoms with Crippen molar-refractivity contribution < 1.29 is 4.74 Å². The van der Waals surface area contributed by atoms with Crippen LogP contribution in [-0.2, 0) is 0 Å². The Morgan fingerprint density at radius 2 is 2.00 bits per heavy atom. The molecule has 8 heteroatoms. The summed E-state index contributed by atoms with van der Waals surface area (Å²) < 4.78 is 7.40. The molecule has 0 radical (unpaired) electrons. The number of rotatable bonds is 4. The fourth-order valence-electron chi connectivity index (χ4n) is 4.67. The van der Waals surface area contributed by atoms with Crippen LogP contribution in [0.1, 0.15) is 56.7 Å². The first-order chi connectivity index (χ1) is 14.2. The minimum absolute atomic E-state index is 0.168. The molecule has 0 unspecified atom stereocenters. The molecule has 3 aromatic heterocycles. The maximum atomic E-state index is 5.28. The highest BCUT2D eigenvalue weighted by Gasteiger charge is 2.39. The molecule has 1 fully saturated rings. The average Bonchev–Trinajstić information content (AvgIpc) is 3.42. The predicted molar refractivity (Wildman–Crippen MR) is 109 cm³/mol. The van der Waals surface area contributed by atoms with E-state index in [1.54, 1.807) is 13.3 Å². The Morgan fingerprint density at radius 3 is 2.76 bits per heavy atom. The van der Waals surface area contributed by atoms with E-state index in [1.165, 1.54) is 25.7 Å². The molecule has 1 aliphatic carbocycles. The monoisotopic (exact) mass is 391 g/mol. The van der Waals surface area contributed by atoms with Crippen LogP contribution in [0.3, 0.4) is 0 Å². The summed E-state index contributed by atoms with van der Waals surface area (Å²) in [5.41, 5.74) is 1.86. The highest BCUT2D eigenvalue weighted by Crippen LogP contribution is 2.43. The fraction of sp³-hybridized carbons (Fsp3) is 0.476. The summed E-state index contributed by atoms with van der Waals surface area (Å²) in [6.45, 7) is 4.20. The van der Waals surface area contributed by atoms with E-state index in [0.717, 1.165) is 35.1 Å². The van der Waals surface area contributed by atoms with E-state index < -0.39 is 0 Å². The SMILES string of the molecule is CC[C@@H]1c2nnc(C)n2-c2cnc(-c3ccnc(OC)c3)nc2N1C1CCCC1. The molecule has 1 atom stereocenters. The lowest BCUT2D eigenvalue weighted by Gasteiger charge is -2.41. The van der Waals surface area contributed by atoms with Gasteiger partial charge in [0.2, 0.25) is 5.88 Å². The van der Waals surface area contributed by atoms with Gasteiger partial charge in [0.15, 0.2) is 17.5 Å². The first-order valence-electron chi connectivity index (χ1n) is 10.3. The molecule has 4 heterocycles. The summed E-state index contributed by atoms with van der Waals surface area (Å²) in [5.74, 6) is 4.07. The van der Waals surface area contributed by atoms with Gasteiger partial charge in [-0.2, -0.15) is 0 Å². The average molecular weight is 391 g/mol. The molecule has 0 amide bonds. The van der Waals surface area contributed by atoms with Crippen LogP contribution in [-0.4, -0.2) is 42.9 Å². The molecule has 1 saturated carbocycles. The first-order valence-corrected chi connectivity index (χ1v) is 10.3. The van der Waals surface area contributed by atoms with E-state index in [0.29, 0.717) is 17.7 Å². The number of anilines is 1. The third-order valence-corrected chi connectivity index (χ3v) is 6.03. The molecule has 29 heavy (non-hydrogen) atoms. The highest BCUT2D eigenvalue weighted by molar-refractivity contribution is 5.67. The van der Waals surface area contributed by atoms with Gasteiger partial charge in [0.05, 0.1) is 19.3 Å². The number of pyridine rings is 1. The Labute approximate surface area is 170 Å². The summed E-state index contributed by atoms with van der Waals surface area (Å²) in [6, 6.07) is 4.43. The van der Waals surface area contributed by atoms with Crippen LogP contribution in [0.15, 0.2) is 24.5 Å². The van der Waals surface area contributed by atoms with Crippen LogP contribution < -0.4 is 9.64 Å². The van der Waals surface area contributed by atoms with Crippen molar-refractivity contribution in [2.24, 2.45) is 0 Å². The van der Waals surface area contributed by atoms with E-state index in [2.05, 4.69) is 36.6 Å². The number of nitrogens with zero attached hydrogens (tertiary/aromatic N) is 7. The summed E-state index contributed by atoms with van der Waals surface area (Å²) in [4.78, 5) is 16.4. The van der Waals surface area contributed by atoms with E-state index in [4.69, 9.17) is 9.72 Å². The molecule has 150 valence electrons. The summed E-state index contributed by atoms with van der Waals surface area (Å²) in [7, 11) is 1.61. The second-order valence-corrected chi connectivity index (χ2v) is 7.70. The number of aryl methyl sites for hydroxylation is 1. The van der Waals surface area contributed by atoms with Crippen LogP contribution in [0, 0.1) is 6.92 Å². The lowest BCUT2D eigenvalue weighted by atomic mass is 10.0. The van der Waals surface area contributed by atoms with Crippen LogP contribution >= 0.6 is 0 Å². The van der Waals surface area contributed by atoms with Gasteiger partial charge in [-0.15, -0.1) is 10.2 Å². The number of hydrogen-bond acceptors (Lipinski definition) is 7. The van der Waals surface area contributed by atoms with Crippen molar-refractivity contribution in [3.8, 4) is 23.0 Å². The van der Waals surface area contributed by atoms with Gasteiger partial charge in [-0.1, -0.05) is 19.8 Å². The number of fused-ring (bicyclic) bond motifs is 3. The Hall–Kier alpha value is -3.03. The Bertz CT molecular complexity index is 1040. The molecule has 2 aliphatic rings. The molecule has 3 aromatic rings. The van der Waals surface area contributed by atoms with Gasteiger partial charge < -0.3 is 9.64 Å². The number of ether oxygens (including phenoxy) is 1. The standard InChI is InChI=1S/C21H25N7O/c1-4-16-21-26-25-13(2)27(21)17-12-23-19(14-9-10-22-18(11-14)29-3)24-20(17)28(16)15-7-5-6-8-15/h9-12,15-16H,4-8H2,1-3H3/t16-/m1/s1. The van der Waals surface area contributed by atoms with E-state index >= 15 is 0 Å². The Balaban J connectivity index is 1.69. The van der Waals surface area contributed by atoms with Crippen LogP contribution in [0.4, 0.5) is 5.82 Å². The number of methoxy groups -OCH3 is 1. The second kappa shape index (κ2) is 7.09. The largest absolute Gasteiger partial charge is 0.481 e. The van der Waals surface area contributed by atoms with Crippen molar-refractivity contribution in [2.45, 2.75) is 58.0 Å². The van der Waals surface area contributed by atoms with Crippen molar-refractivity contribution in [3.05, 3.63) is 36.2 Å². The lowest BCUT2D eigenvalue weighted by molar-refractivity contribution is 0.398. The predicted octanol–water partition coefficient (Wildman–Crippen LogP) is 3.65. The van der Waals surface area contributed by atoms with Gasteiger partial charge in [0.25, 0.3) is 0 Å². The highest BCUT2D eigenvalue weighted by atomic mass is 16.5. The van der Waals surface area contributed by atoms with E-state index in [1.807, 2.05) is 25.3 Å². The third-order valence-electron chi connectivity index (χ3n) is 6.03. The zero-order chi connectivity index (χ0) is 20.0. The number of aromatic nitrogens is 6. The summed E-state index contributed by atoms with van der Waals surface area (Å²) in [5, 5.41) is 8.89. The molecule has 0 N–H and O–H groups in total. The molecule has 0 aromatic carbocycles. The maximum absolute atomic E-state index is 5.28. The molecule has 0 saturated heterocycles. The second-order valence-electron chi connectivity index (χ2n) is 7.70. The summed E-state index contributed by atoms with van der Waals surface area (Å²) in [6.07, 6.45) is 9.48. The van der Waals surface area contributed by atoms with E-state index in [9.17, 15) is 0 Å². The van der Waals surface area contributed by atoms with Crippen LogP contribution in [0.5, 0.6) is 5.88 Å². The topological polar surface area (TPSA) is 81.8 Å². The molecule has 5 rings (SSSR count). The van der Waals surface area contributed by atoms with Crippen molar-refractivity contribution in [3.63, 3.8) is 0 Å². The zero-order valence-corrected chi connectivity index (χ0v) is 17.0. The fourth-order valence-corrected chi connectivity index (χ4v) is 4.67. The molecule has 8 nitrogen and oxygen atoms in total. The molecular weight excluding hydrogens is 366 g/mol. The first kappa shape index (κ1) is 18.0. The van der Waals surface area contributed by atoms with Gasteiger partial charge in [-0.3, -0.25) is 4.57 Å². The molecule has 0 spiro atoms. The minimum atomic E-state index is 0.168. The molecule has 0 bridgehead atoms. The van der Waals surface area contributed by atoms with Gasteiger partial charge >= 0.3 is 0 Å². The van der Waals surface area contributed by atoms with Crippen molar-refractivity contribution >= 4 is 5.82 Å².